The van der Waals surface area contributed by atoms with E-state index in [0.717, 1.165) is 5.56 Å². The van der Waals surface area contributed by atoms with Crippen LogP contribution in [0.1, 0.15) is 12.0 Å². The van der Waals surface area contributed by atoms with E-state index in [0.29, 0.717) is 6.42 Å². The van der Waals surface area contributed by atoms with Crippen molar-refractivity contribution in [3.05, 3.63) is 35.9 Å². The molecular weight excluding hydrogens is 141 g/mol. The second-order valence-electron chi connectivity index (χ2n) is 2.38. The van der Waals surface area contributed by atoms with Gasteiger partial charge in [0.1, 0.15) is 0 Å². The molecule has 11 heavy (non-hydrogen) atoms. The summed E-state index contributed by atoms with van der Waals surface area (Å²) in [6.07, 6.45) is 0.834. The van der Waals surface area contributed by atoms with Crippen molar-refractivity contribution < 1.29 is 9.90 Å². The van der Waals surface area contributed by atoms with E-state index in [1.165, 1.54) is 0 Å². The van der Waals surface area contributed by atoms with Crippen LogP contribution in [0, 0.1) is 0 Å². The molecule has 0 aliphatic carbocycles. The van der Waals surface area contributed by atoms with E-state index in [2.05, 4.69) is 0 Å². The zero-order valence-corrected chi connectivity index (χ0v) is 6.16. The summed E-state index contributed by atoms with van der Waals surface area (Å²) in [6.45, 7) is 0. The van der Waals surface area contributed by atoms with Gasteiger partial charge in [0, 0.05) is 6.42 Å². The van der Waals surface area contributed by atoms with Gasteiger partial charge in [-0.15, -0.1) is 0 Å². The minimum absolute atomic E-state index is 0.212. The number of hydrogen-bond donors (Lipinski definition) is 1. The third-order valence-corrected chi connectivity index (χ3v) is 1.47. The molecule has 1 aromatic carbocycles. The molecule has 0 unspecified atom stereocenters. The van der Waals surface area contributed by atoms with Gasteiger partial charge in [0.25, 0.3) is 0 Å². The molecule has 0 atom stereocenters. The topological polar surface area (TPSA) is 37.3 Å². The van der Waals surface area contributed by atoms with Crippen LogP contribution in [0.25, 0.3) is 0 Å². The molecule has 1 N–H and O–H groups in total. The highest BCUT2D eigenvalue weighted by molar-refractivity contribution is 5.67. The van der Waals surface area contributed by atoms with Crippen LogP contribution in [-0.4, -0.2) is 11.1 Å². The number of hydrogen-bond acceptors (Lipinski definition) is 1. The van der Waals surface area contributed by atoms with Gasteiger partial charge in [-0.1, -0.05) is 30.3 Å². The minimum Gasteiger partial charge on any atom is -0.481 e. The van der Waals surface area contributed by atoms with E-state index in [9.17, 15) is 4.79 Å². The molecule has 0 bridgehead atoms. The zero-order valence-electron chi connectivity index (χ0n) is 6.16. The maximum atomic E-state index is 10.2. The maximum Gasteiger partial charge on any atom is 0.303 e. The van der Waals surface area contributed by atoms with E-state index in [1.807, 2.05) is 30.3 Å². The van der Waals surface area contributed by atoms with Crippen LogP contribution < -0.4 is 0 Å². The highest BCUT2D eigenvalue weighted by atomic mass is 16.5. The lowest BCUT2D eigenvalue weighted by Crippen LogP contribution is -1.96. The fourth-order valence-corrected chi connectivity index (χ4v) is 0.896. The summed E-state index contributed by atoms with van der Waals surface area (Å²) in [4.78, 5) is 10.2. The summed E-state index contributed by atoms with van der Waals surface area (Å²) in [5.74, 6) is -0.742. The van der Waals surface area contributed by atoms with Gasteiger partial charge in [-0.3, -0.25) is 4.79 Å². The zero-order chi connectivity index (χ0) is 8.10. The first kappa shape index (κ1) is 7.79. The molecule has 2 heteroatoms. The maximum absolute atomic E-state index is 10.2. The van der Waals surface area contributed by atoms with Gasteiger partial charge in [-0.25, -0.2) is 0 Å². The van der Waals surface area contributed by atoms with Crippen molar-refractivity contribution in [1.82, 2.24) is 0 Å². The van der Waals surface area contributed by atoms with Crippen LogP contribution in [0.5, 0.6) is 0 Å². The first-order valence-corrected chi connectivity index (χ1v) is 3.55. The lowest BCUT2D eigenvalue weighted by molar-refractivity contribution is -0.136. The van der Waals surface area contributed by atoms with E-state index in [-0.39, 0.29) is 6.42 Å². The SMILES string of the molecule is O=[13C](O)CCc1ccccc1. The molecule has 0 fully saturated rings. The molecule has 0 aliphatic heterocycles. The Morgan fingerprint density at radius 3 is 2.45 bits per heavy atom. The Morgan fingerprint density at radius 1 is 1.27 bits per heavy atom. The molecule has 58 valence electrons. The molecular formula is C9H10O2. The van der Waals surface area contributed by atoms with Crippen LogP contribution in [0.15, 0.2) is 30.3 Å². The van der Waals surface area contributed by atoms with Crippen LogP contribution in [0.2, 0.25) is 0 Å². The second kappa shape index (κ2) is 3.76. The molecule has 1 rings (SSSR count). The Balaban J connectivity index is 2.45. The molecule has 0 aromatic heterocycles. The van der Waals surface area contributed by atoms with Crippen LogP contribution in [-0.2, 0) is 11.2 Å². The highest BCUT2D eigenvalue weighted by Gasteiger charge is 1.96. The van der Waals surface area contributed by atoms with Crippen molar-refractivity contribution in [1.29, 1.82) is 0 Å². The number of carbonyl (C=O) groups is 1. The first-order valence-electron chi connectivity index (χ1n) is 3.55. The minimum atomic E-state index is -0.742. The Kier molecular flexibility index (Phi) is 2.66. The van der Waals surface area contributed by atoms with Gasteiger partial charge >= 0.3 is 5.97 Å². The molecule has 2 nitrogen and oxygen atoms in total. The van der Waals surface area contributed by atoms with E-state index < -0.39 is 5.97 Å². The predicted molar refractivity (Wildman–Crippen MR) is 42.4 cm³/mol. The van der Waals surface area contributed by atoms with Gasteiger partial charge in [0.2, 0.25) is 0 Å². The van der Waals surface area contributed by atoms with E-state index >= 15 is 0 Å². The molecule has 0 spiro atoms. The van der Waals surface area contributed by atoms with Gasteiger partial charge in [-0.2, -0.15) is 0 Å². The van der Waals surface area contributed by atoms with Gasteiger partial charge in [0.15, 0.2) is 0 Å². The standard InChI is InChI=1S/C9H10O2/c10-9(11)7-6-8-4-2-1-3-5-8/h1-5H,6-7H2,(H,10,11)/i9+1. The number of carboxylic acid groups (broad SMARTS) is 1. The normalized spacial score (nSPS) is 9.45. The molecule has 0 saturated carbocycles. The lowest BCUT2D eigenvalue weighted by atomic mass is 10.1. The number of aliphatic carboxylic acids is 1. The van der Waals surface area contributed by atoms with E-state index in [1.54, 1.807) is 0 Å². The van der Waals surface area contributed by atoms with Crippen molar-refractivity contribution in [2.75, 3.05) is 0 Å². The van der Waals surface area contributed by atoms with Crippen LogP contribution in [0.3, 0.4) is 0 Å². The van der Waals surface area contributed by atoms with Crippen LogP contribution in [0.4, 0.5) is 0 Å². The van der Waals surface area contributed by atoms with Crippen molar-refractivity contribution in [3.63, 3.8) is 0 Å². The third kappa shape index (κ3) is 2.85. The van der Waals surface area contributed by atoms with Crippen molar-refractivity contribution in [3.8, 4) is 0 Å². The molecule has 0 amide bonds. The summed E-state index contributed by atoms with van der Waals surface area (Å²) in [5.41, 5.74) is 1.08. The fourth-order valence-electron chi connectivity index (χ4n) is 0.896. The number of benzene rings is 1. The van der Waals surface area contributed by atoms with Crippen molar-refractivity contribution >= 4 is 5.97 Å². The first-order chi connectivity index (χ1) is 5.29. The summed E-state index contributed by atoms with van der Waals surface area (Å²) < 4.78 is 0. The molecule has 1 aromatic rings. The Morgan fingerprint density at radius 2 is 1.91 bits per heavy atom. The predicted octanol–water partition coefficient (Wildman–Crippen LogP) is 1.70. The quantitative estimate of drug-likeness (QED) is 0.667. The van der Waals surface area contributed by atoms with Gasteiger partial charge in [0.05, 0.1) is 0 Å². The summed E-state index contributed by atoms with van der Waals surface area (Å²) in [7, 11) is 0. The molecule has 0 heterocycles. The molecule has 0 saturated heterocycles. The fraction of sp³-hybridized carbons (Fsp3) is 0.222. The van der Waals surface area contributed by atoms with Crippen molar-refractivity contribution in [2.45, 2.75) is 12.8 Å². The molecule has 0 aliphatic rings. The smallest absolute Gasteiger partial charge is 0.303 e. The largest absolute Gasteiger partial charge is 0.481 e. The van der Waals surface area contributed by atoms with Gasteiger partial charge < -0.3 is 5.11 Å². The summed E-state index contributed by atoms with van der Waals surface area (Å²) >= 11 is 0. The summed E-state index contributed by atoms with van der Waals surface area (Å²) in [5, 5.41) is 8.37. The third-order valence-electron chi connectivity index (χ3n) is 1.47. The highest BCUT2D eigenvalue weighted by Crippen LogP contribution is 2.01. The summed E-state index contributed by atoms with van der Waals surface area (Å²) in [6, 6.07) is 9.62. The Labute approximate surface area is 65.5 Å². The number of carboxylic acids is 1. The van der Waals surface area contributed by atoms with Crippen LogP contribution >= 0.6 is 0 Å². The molecule has 0 radical (unpaired) electrons. The van der Waals surface area contributed by atoms with Crippen molar-refractivity contribution in [2.24, 2.45) is 0 Å². The average molecular weight is 151 g/mol. The average Bonchev–Trinajstić information content (AvgIpc) is 2.03. The number of rotatable bonds is 3. The van der Waals surface area contributed by atoms with E-state index in [4.69, 9.17) is 5.11 Å². The monoisotopic (exact) mass is 151 g/mol. The van der Waals surface area contributed by atoms with Gasteiger partial charge in [-0.05, 0) is 12.0 Å². The lowest BCUT2D eigenvalue weighted by Gasteiger charge is -1.95. The number of aryl methyl sites for hydroxylation is 1. The Bertz CT molecular complexity index is 229. The Hall–Kier alpha value is -1.31. The second-order valence-corrected chi connectivity index (χ2v) is 2.38.